The van der Waals surface area contributed by atoms with Gasteiger partial charge in [0.2, 0.25) is 11.8 Å². The normalized spacial score (nSPS) is 31.3. The number of amides is 1. The topological polar surface area (TPSA) is 68.5 Å². The number of carbonyl (C=O) groups excluding carboxylic acids is 1. The van der Waals surface area contributed by atoms with Gasteiger partial charge in [-0.1, -0.05) is 50.2 Å². The van der Waals surface area contributed by atoms with Crippen LogP contribution in [0.5, 0.6) is 5.75 Å². The van der Waals surface area contributed by atoms with Crippen molar-refractivity contribution in [2.75, 3.05) is 18.1 Å². The van der Waals surface area contributed by atoms with Crippen molar-refractivity contribution in [3.63, 3.8) is 0 Å². The summed E-state index contributed by atoms with van der Waals surface area (Å²) in [7, 11) is 0. The van der Waals surface area contributed by atoms with E-state index in [1.807, 2.05) is 36.1 Å². The molecule has 6 fully saturated rings. The molecular formula is C35H42FN3O3. The van der Waals surface area contributed by atoms with Crippen molar-refractivity contribution in [1.82, 2.24) is 10.1 Å². The Morgan fingerprint density at radius 2 is 1.64 bits per heavy atom. The van der Waals surface area contributed by atoms with E-state index in [9.17, 15) is 9.18 Å². The van der Waals surface area contributed by atoms with Crippen LogP contribution < -0.4 is 9.64 Å². The maximum atomic E-state index is 14.6. The lowest BCUT2D eigenvalue weighted by Gasteiger charge is -2.65. The van der Waals surface area contributed by atoms with Crippen LogP contribution in [0.15, 0.2) is 53.1 Å². The second-order valence-corrected chi connectivity index (χ2v) is 14.8. The van der Waals surface area contributed by atoms with E-state index < -0.39 is 11.1 Å². The molecule has 1 aromatic heterocycles. The highest BCUT2D eigenvalue weighted by Gasteiger charge is 2.73. The standard InChI is InChI=1S/C35H42FN3O3/c1-5-41-27-11-9-24(10-12-27)25-7-6-8-26(19-25)39(30(40)34-20-35(36,21-34)22-34)23-32-13-16-33(17-14-32,18-15-32)29-37-28(38-42-29)31(2,3)4/h6-12,19H,5,13-18,20-23H2,1-4H3. The molecule has 0 spiro atoms. The molecule has 4 bridgehead atoms. The summed E-state index contributed by atoms with van der Waals surface area (Å²) in [6.07, 6.45) is 7.14. The third-order valence-corrected chi connectivity index (χ3v) is 10.8. The third kappa shape index (κ3) is 4.46. The Balaban J connectivity index is 1.15. The fourth-order valence-corrected chi connectivity index (χ4v) is 8.12. The first-order chi connectivity index (χ1) is 20.0. The lowest BCUT2D eigenvalue weighted by atomic mass is 9.41. The Bertz CT molecular complexity index is 1460. The van der Waals surface area contributed by atoms with Crippen LogP contribution in [0.4, 0.5) is 10.1 Å². The van der Waals surface area contributed by atoms with Crippen LogP contribution >= 0.6 is 0 Å². The predicted octanol–water partition coefficient (Wildman–Crippen LogP) is 7.95. The van der Waals surface area contributed by atoms with Crippen molar-refractivity contribution in [3.05, 3.63) is 60.2 Å². The molecule has 6 aliphatic carbocycles. The van der Waals surface area contributed by atoms with Gasteiger partial charge in [-0.15, -0.1) is 0 Å². The molecule has 9 rings (SSSR count). The van der Waals surface area contributed by atoms with Gasteiger partial charge in [-0.2, -0.15) is 4.98 Å². The largest absolute Gasteiger partial charge is 0.494 e. The van der Waals surface area contributed by atoms with E-state index in [0.29, 0.717) is 32.4 Å². The molecule has 0 aliphatic heterocycles. The summed E-state index contributed by atoms with van der Waals surface area (Å²) in [6, 6.07) is 16.4. The highest BCUT2D eigenvalue weighted by atomic mass is 19.1. The summed E-state index contributed by atoms with van der Waals surface area (Å²) in [4.78, 5) is 21.1. The highest BCUT2D eigenvalue weighted by Crippen LogP contribution is 2.70. The SMILES string of the molecule is CCOc1ccc(-c2cccc(N(CC34CCC(c5nc(C(C)(C)C)no5)(CC3)CC4)C(=O)C34CC(F)(C3)C4)c2)cc1. The maximum absolute atomic E-state index is 14.6. The van der Waals surface area contributed by atoms with E-state index >= 15 is 0 Å². The molecule has 7 heteroatoms. The van der Waals surface area contributed by atoms with Gasteiger partial charge in [-0.05, 0) is 106 Å². The van der Waals surface area contributed by atoms with Crippen LogP contribution in [0, 0.1) is 10.8 Å². The number of carbonyl (C=O) groups is 1. The Kier molecular flexibility index (Phi) is 6.17. The van der Waals surface area contributed by atoms with E-state index in [1.165, 1.54) is 0 Å². The highest BCUT2D eigenvalue weighted by molar-refractivity contribution is 6.00. The molecule has 0 atom stereocenters. The van der Waals surface area contributed by atoms with Gasteiger partial charge in [0, 0.05) is 23.1 Å². The van der Waals surface area contributed by atoms with Gasteiger partial charge in [0.25, 0.3) is 0 Å². The minimum atomic E-state index is -1.12. The minimum absolute atomic E-state index is 0.0381. The molecular weight excluding hydrogens is 529 g/mol. The molecule has 1 amide bonds. The molecule has 6 aliphatic rings. The molecule has 6 nitrogen and oxygen atoms in total. The van der Waals surface area contributed by atoms with Gasteiger partial charge < -0.3 is 14.2 Å². The molecule has 3 aromatic rings. The molecule has 0 radical (unpaired) electrons. The van der Waals surface area contributed by atoms with Crippen LogP contribution in [0.2, 0.25) is 0 Å². The Hall–Kier alpha value is -3.22. The molecule has 0 N–H and O–H groups in total. The number of aromatic nitrogens is 2. The van der Waals surface area contributed by atoms with Crippen molar-refractivity contribution in [2.45, 2.75) is 102 Å². The number of ether oxygens (including phenoxy) is 1. The van der Waals surface area contributed by atoms with Gasteiger partial charge in [0.15, 0.2) is 5.82 Å². The fraction of sp³-hybridized carbons (Fsp3) is 0.571. The minimum Gasteiger partial charge on any atom is -0.494 e. The molecule has 6 saturated carbocycles. The number of anilines is 1. The maximum Gasteiger partial charge on any atom is 0.233 e. The van der Waals surface area contributed by atoms with Gasteiger partial charge in [-0.3, -0.25) is 4.79 Å². The fourth-order valence-electron chi connectivity index (χ4n) is 8.12. The monoisotopic (exact) mass is 571 g/mol. The zero-order chi connectivity index (χ0) is 29.4. The summed E-state index contributed by atoms with van der Waals surface area (Å²) in [5.74, 6) is 2.51. The molecule has 2 aromatic carbocycles. The quantitative estimate of drug-likeness (QED) is 0.274. The predicted molar refractivity (Wildman–Crippen MR) is 160 cm³/mol. The number of halogens is 1. The summed E-state index contributed by atoms with van der Waals surface area (Å²) in [5.41, 5.74) is 1.23. The van der Waals surface area contributed by atoms with Gasteiger partial charge in [0.05, 0.1) is 12.0 Å². The molecule has 1 heterocycles. The number of rotatable bonds is 8. The van der Waals surface area contributed by atoms with Crippen molar-refractivity contribution in [1.29, 1.82) is 0 Å². The summed E-state index contributed by atoms with van der Waals surface area (Å²) < 4.78 is 26.1. The zero-order valence-corrected chi connectivity index (χ0v) is 25.3. The lowest BCUT2D eigenvalue weighted by Crippen LogP contribution is -2.71. The number of hydrogen-bond acceptors (Lipinski definition) is 5. The van der Waals surface area contributed by atoms with Crippen molar-refractivity contribution in [2.24, 2.45) is 10.8 Å². The summed E-state index contributed by atoms with van der Waals surface area (Å²) in [5, 5.41) is 4.32. The Morgan fingerprint density at radius 1 is 0.976 bits per heavy atom. The van der Waals surface area contributed by atoms with Gasteiger partial charge >= 0.3 is 0 Å². The van der Waals surface area contributed by atoms with Crippen LogP contribution in [0.25, 0.3) is 11.1 Å². The average molecular weight is 572 g/mol. The number of nitrogens with zero attached hydrogens (tertiary/aromatic N) is 3. The van der Waals surface area contributed by atoms with Gasteiger partial charge in [0.1, 0.15) is 11.4 Å². The van der Waals surface area contributed by atoms with Crippen LogP contribution in [-0.2, 0) is 15.6 Å². The second-order valence-electron chi connectivity index (χ2n) is 14.8. The smallest absolute Gasteiger partial charge is 0.233 e. The number of hydrogen-bond donors (Lipinski definition) is 0. The van der Waals surface area contributed by atoms with Crippen molar-refractivity contribution in [3.8, 4) is 16.9 Å². The first kappa shape index (κ1) is 27.6. The average Bonchev–Trinajstić information content (AvgIpc) is 3.48. The van der Waals surface area contributed by atoms with Crippen LogP contribution in [0.3, 0.4) is 0 Å². The van der Waals surface area contributed by atoms with Crippen molar-refractivity contribution >= 4 is 11.6 Å². The summed E-state index contributed by atoms with van der Waals surface area (Å²) >= 11 is 0. The zero-order valence-electron chi connectivity index (χ0n) is 25.3. The summed E-state index contributed by atoms with van der Waals surface area (Å²) in [6.45, 7) is 9.61. The molecule has 42 heavy (non-hydrogen) atoms. The Labute approximate surface area is 248 Å². The molecule has 222 valence electrons. The van der Waals surface area contributed by atoms with E-state index in [2.05, 4.69) is 50.2 Å². The molecule has 0 unspecified atom stereocenters. The lowest BCUT2D eigenvalue weighted by molar-refractivity contribution is -0.211. The van der Waals surface area contributed by atoms with Crippen LogP contribution in [-0.4, -0.2) is 34.9 Å². The Morgan fingerprint density at radius 3 is 2.21 bits per heavy atom. The first-order valence-corrected chi connectivity index (χ1v) is 15.7. The number of alkyl halides is 1. The second kappa shape index (κ2) is 9.39. The van der Waals surface area contributed by atoms with Crippen molar-refractivity contribution < 1.29 is 18.4 Å². The van der Waals surface area contributed by atoms with E-state index in [0.717, 1.165) is 72.8 Å². The van der Waals surface area contributed by atoms with E-state index in [1.54, 1.807) is 0 Å². The third-order valence-electron chi connectivity index (χ3n) is 10.8. The van der Waals surface area contributed by atoms with E-state index in [4.69, 9.17) is 14.2 Å². The first-order valence-electron chi connectivity index (χ1n) is 15.7. The van der Waals surface area contributed by atoms with Crippen LogP contribution in [0.1, 0.15) is 97.2 Å². The number of fused-ring (bicyclic) bond motifs is 3. The molecule has 0 saturated heterocycles. The van der Waals surface area contributed by atoms with Gasteiger partial charge in [-0.25, -0.2) is 4.39 Å². The van der Waals surface area contributed by atoms with E-state index in [-0.39, 0.29) is 22.2 Å². The number of benzene rings is 2.